The van der Waals surface area contributed by atoms with Gasteiger partial charge in [-0.05, 0) is 51.7 Å². The highest BCUT2D eigenvalue weighted by molar-refractivity contribution is 9.08. The average Bonchev–Trinajstić information content (AvgIpc) is 3.02. The van der Waals surface area contributed by atoms with E-state index < -0.39 is 0 Å². The van der Waals surface area contributed by atoms with E-state index >= 15 is 0 Å². The average molecular weight is 436 g/mol. The number of carbonyl (C=O) groups excluding carboxylic acids is 1. The van der Waals surface area contributed by atoms with Crippen LogP contribution in [0.1, 0.15) is 45.2 Å². The van der Waals surface area contributed by atoms with Crippen LogP contribution in [0.2, 0.25) is 0 Å². The zero-order chi connectivity index (χ0) is 19.4. The topological polar surface area (TPSA) is 66.2 Å². The van der Waals surface area contributed by atoms with E-state index in [4.69, 9.17) is 9.47 Å². The van der Waals surface area contributed by atoms with E-state index in [0.717, 1.165) is 42.0 Å². The first-order valence-electron chi connectivity index (χ1n) is 9.38. The van der Waals surface area contributed by atoms with E-state index in [2.05, 4.69) is 26.0 Å². The van der Waals surface area contributed by atoms with Crippen LogP contribution in [-0.2, 0) is 21.9 Å². The summed E-state index contributed by atoms with van der Waals surface area (Å²) in [6, 6.07) is 3.88. The molecular formula is C20H26BrN3O3. The Morgan fingerprint density at radius 1 is 1.33 bits per heavy atom. The first-order chi connectivity index (χ1) is 13.0. The molecule has 7 heteroatoms. The quantitative estimate of drug-likeness (QED) is 0.500. The van der Waals surface area contributed by atoms with E-state index in [1.165, 1.54) is 0 Å². The molecule has 0 amide bonds. The molecule has 0 bridgehead atoms. The van der Waals surface area contributed by atoms with E-state index in [1.807, 2.05) is 43.9 Å². The van der Waals surface area contributed by atoms with Crippen molar-refractivity contribution in [2.75, 3.05) is 0 Å². The molecule has 0 N–H and O–H groups in total. The Labute approximate surface area is 168 Å². The molecule has 3 rings (SSSR count). The van der Waals surface area contributed by atoms with Crippen LogP contribution in [-0.4, -0.2) is 32.9 Å². The van der Waals surface area contributed by atoms with Gasteiger partial charge in [0.1, 0.15) is 5.75 Å². The molecule has 0 aromatic carbocycles. The number of ether oxygens (including phenoxy) is 2. The summed E-state index contributed by atoms with van der Waals surface area (Å²) in [5.74, 6) is 0.548. The second-order valence-corrected chi connectivity index (χ2v) is 7.79. The zero-order valence-electron chi connectivity index (χ0n) is 16.0. The van der Waals surface area contributed by atoms with Gasteiger partial charge in [-0.2, -0.15) is 5.10 Å². The van der Waals surface area contributed by atoms with Crippen molar-refractivity contribution in [1.29, 1.82) is 0 Å². The number of pyridine rings is 1. The smallest absolute Gasteiger partial charge is 0.309 e. The zero-order valence-corrected chi connectivity index (χ0v) is 17.6. The lowest BCUT2D eigenvalue weighted by atomic mass is 9.87. The third-order valence-corrected chi connectivity index (χ3v) is 5.35. The van der Waals surface area contributed by atoms with E-state index in [1.54, 1.807) is 6.20 Å². The van der Waals surface area contributed by atoms with Gasteiger partial charge in [-0.15, -0.1) is 0 Å². The van der Waals surface area contributed by atoms with Gasteiger partial charge in [0.2, 0.25) is 0 Å². The fourth-order valence-electron chi connectivity index (χ4n) is 3.43. The van der Waals surface area contributed by atoms with Gasteiger partial charge in [0.15, 0.2) is 0 Å². The number of aromatic nitrogens is 3. The Hall–Kier alpha value is -1.89. The van der Waals surface area contributed by atoms with E-state index in [9.17, 15) is 4.79 Å². The number of alkyl halides is 1. The molecule has 1 saturated carbocycles. The summed E-state index contributed by atoms with van der Waals surface area (Å²) in [6.07, 6.45) is 7.01. The highest BCUT2D eigenvalue weighted by atomic mass is 79.9. The van der Waals surface area contributed by atoms with Crippen LogP contribution in [0, 0.1) is 5.92 Å². The maximum Gasteiger partial charge on any atom is 0.309 e. The summed E-state index contributed by atoms with van der Waals surface area (Å²) in [5.41, 5.74) is 2.96. The molecule has 27 heavy (non-hydrogen) atoms. The van der Waals surface area contributed by atoms with Crippen molar-refractivity contribution < 1.29 is 14.3 Å². The molecule has 2 atom stereocenters. The summed E-state index contributed by atoms with van der Waals surface area (Å²) in [4.78, 5) is 16.7. The Bertz CT molecular complexity index is 773. The van der Waals surface area contributed by atoms with Crippen LogP contribution in [0.5, 0.6) is 5.75 Å². The Kier molecular flexibility index (Phi) is 6.52. The molecule has 2 aromatic heterocycles. The van der Waals surface area contributed by atoms with E-state index in [-0.39, 0.29) is 24.1 Å². The van der Waals surface area contributed by atoms with E-state index in [0.29, 0.717) is 11.8 Å². The monoisotopic (exact) mass is 435 g/mol. The van der Waals surface area contributed by atoms with Gasteiger partial charge < -0.3 is 9.47 Å². The van der Waals surface area contributed by atoms with Gasteiger partial charge in [-0.25, -0.2) is 0 Å². The van der Waals surface area contributed by atoms with Crippen LogP contribution in [0.4, 0.5) is 0 Å². The molecule has 0 aliphatic heterocycles. The Balaban J connectivity index is 1.63. The van der Waals surface area contributed by atoms with Gasteiger partial charge in [0.05, 0.1) is 41.9 Å². The summed E-state index contributed by atoms with van der Waals surface area (Å²) < 4.78 is 13.3. The number of rotatable bonds is 6. The molecule has 0 spiro atoms. The lowest BCUT2D eigenvalue weighted by Gasteiger charge is -2.28. The maximum absolute atomic E-state index is 12.2. The van der Waals surface area contributed by atoms with Gasteiger partial charge in [0, 0.05) is 17.9 Å². The summed E-state index contributed by atoms with van der Waals surface area (Å²) in [6.45, 7) is 3.76. The van der Waals surface area contributed by atoms with Crippen molar-refractivity contribution in [3.05, 3.63) is 30.2 Å². The second kappa shape index (κ2) is 8.87. The SMILES string of the molecule is CC(C)OC(=O)C1CCCC(Oc2ccc(-c3cnn(C)c3CBr)nc2)C1. The third kappa shape index (κ3) is 4.89. The van der Waals surface area contributed by atoms with Gasteiger partial charge >= 0.3 is 5.97 Å². The number of aryl methyl sites for hydroxylation is 1. The Morgan fingerprint density at radius 3 is 2.81 bits per heavy atom. The standard InChI is InChI=1S/C20H26BrN3O3/c1-13(2)26-20(25)14-5-4-6-15(9-14)27-16-7-8-18(22-11-16)17-12-23-24(3)19(17)10-21/h7-8,11-15H,4-6,9-10H2,1-3H3. The fourth-order valence-corrected chi connectivity index (χ4v) is 4.10. The van der Waals surface area contributed by atoms with Gasteiger partial charge in [0.25, 0.3) is 0 Å². The number of hydrogen-bond acceptors (Lipinski definition) is 5. The van der Waals surface area contributed by atoms with Crippen molar-refractivity contribution in [2.24, 2.45) is 13.0 Å². The second-order valence-electron chi connectivity index (χ2n) is 7.23. The molecule has 2 aromatic rings. The molecule has 1 aliphatic rings. The van der Waals surface area contributed by atoms with Crippen molar-refractivity contribution in [2.45, 2.75) is 57.1 Å². The number of nitrogens with zero attached hydrogens (tertiary/aromatic N) is 3. The molecule has 146 valence electrons. The lowest BCUT2D eigenvalue weighted by molar-refractivity contribution is -0.154. The normalized spacial score (nSPS) is 19.9. The van der Waals surface area contributed by atoms with Crippen LogP contribution in [0.3, 0.4) is 0 Å². The summed E-state index contributed by atoms with van der Waals surface area (Å²) in [7, 11) is 1.92. The lowest BCUT2D eigenvalue weighted by Crippen LogP contribution is -2.31. The van der Waals surface area contributed by atoms with Gasteiger partial charge in [-0.1, -0.05) is 15.9 Å². The molecule has 2 heterocycles. The van der Waals surface area contributed by atoms with Crippen molar-refractivity contribution in [3.8, 4) is 17.0 Å². The molecular weight excluding hydrogens is 410 g/mol. The molecule has 2 unspecified atom stereocenters. The predicted molar refractivity (Wildman–Crippen MR) is 107 cm³/mol. The maximum atomic E-state index is 12.2. The minimum atomic E-state index is -0.106. The minimum Gasteiger partial charge on any atom is -0.489 e. The molecule has 1 fully saturated rings. The van der Waals surface area contributed by atoms with Crippen molar-refractivity contribution >= 4 is 21.9 Å². The predicted octanol–water partition coefficient (Wildman–Crippen LogP) is 4.27. The number of esters is 1. The summed E-state index contributed by atoms with van der Waals surface area (Å²) >= 11 is 3.50. The molecule has 6 nitrogen and oxygen atoms in total. The van der Waals surface area contributed by atoms with Gasteiger partial charge in [-0.3, -0.25) is 14.5 Å². The van der Waals surface area contributed by atoms with Crippen LogP contribution >= 0.6 is 15.9 Å². The highest BCUT2D eigenvalue weighted by Gasteiger charge is 2.30. The number of carbonyl (C=O) groups is 1. The molecule has 0 saturated heterocycles. The molecule has 0 radical (unpaired) electrons. The summed E-state index contributed by atoms with van der Waals surface area (Å²) in [5, 5.41) is 5.01. The first-order valence-corrected chi connectivity index (χ1v) is 10.5. The minimum absolute atomic E-state index is 0.0209. The first kappa shape index (κ1) is 19.9. The number of hydrogen-bond donors (Lipinski definition) is 0. The van der Waals surface area contributed by atoms with Crippen LogP contribution in [0.15, 0.2) is 24.5 Å². The largest absolute Gasteiger partial charge is 0.489 e. The molecule has 1 aliphatic carbocycles. The van der Waals surface area contributed by atoms with Crippen molar-refractivity contribution in [3.63, 3.8) is 0 Å². The highest BCUT2D eigenvalue weighted by Crippen LogP contribution is 2.30. The number of halogens is 1. The van der Waals surface area contributed by atoms with Crippen molar-refractivity contribution in [1.82, 2.24) is 14.8 Å². The fraction of sp³-hybridized carbons (Fsp3) is 0.550. The third-order valence-electron chi connectivity index (χ3n) is 4.81. The Morgan fingerprint density at radius 2 is 2.15 bits per heavy atom. The van der Waals surface area contributed by atoms with Crippen LogP contribution < -0.4 is 4.74 Å². The van der Waals surface area contributed by atoms with Crippen LogP contribution in [0.25, 0.3) is 11.3 Å².